The van der Waals surface area contributed by atoms with Crippen LogP contribution in [0.5, 0.6) is 0 Å². The number of hydrogen-bond donors (Lipinski definition) is 1. The minimum atomic E-state index is 0.321. The van der Waals surface area contributed by atoms with Crippen LogP contribution in [0.15, 0.2) is 4.99 Å². The number of hydrogen-bond acceptors (Lipinski definition) is 3. The molecular formula is C16H33N3S. The van der Waals surface area contributed by atoms with E-state index in [2.05, 4.69) is 51.9 Å². The third-order valence-corrected chi connectivity index (χ3v) is 5.00. The molecule has 0 aliphatic carbocycles. The fraction of sp³-hybridized carbons (Fsp3) is 0.938. The summed E-state index contributed by atoms with van der Waals surface area (Å²) >= 11 is 1.88. The van der Waals surface area contributed by atoms with E-state index in [0.717, 1.165) is 11.7 Å². The van der Waals surface area contributed by atoms with Gasteiger partial charge in [-0.15, -0.1) is 0 Å². The lowest BCUT2D eigenvalue weighted by Gasteiger charge is -2.35. The molecule has 1 heterocycles. The summed E-state index contributed by atoms with van der Waals surface area (Å²) in [6.45, 7) is 13.5. The van der Waals surface area contributed by atoms with Crippen LogP contribution in [0.2, 0.25) is 0 Å². The van der Waals surface area contributed by atoms with Gasteiger partial charge in [0.2, 0.25) is 0 Å². The van der Waals surface area contributed by atoms with Crippen molar-refractivity contribution < 1.29 is 0 Å². The van der Waals surface area contributed by atoms with E-state index in [0.29, 0.717) is 17.5 Å². The van der Waals surface area contributed by atoms with Crippen molar-refractivity contribution in [1.82, 2.24) is 10.2 Å². The quantitative estimate of drug-likeness (QED) is 0.759. The second-order valence-electron chi connectivity index (χ2n) is 7.17. The molecule has 0 aromatic carbocycles. The van der Waals surface area contributed by atoms with Crippen LogP contribution in [-0.2, 0) is 0 Å². The Hall–Kier alpha value is -0.220. The molecule has 1 aliphatic rings. The van der Waals surface area contributed by atoms with Crippen molar-refractivity contribution in [2.75, 3.05) is 25.9 Å². The van der Waals surface area contributed by atoms with Crippen LogP contribution < -0.4 is 5.32 Å². The summed E-state index contributed by atoms with van der Waals surface area (Å²) in [4.78, 5) is 7.14. The Bertz CT molecular complexity index is 307. The fourth-order valence-electron chi connectivity index (χ4n) is 2.19. The van der Waals surface area contributed by atoms with Crippen LogP contribution in [-0.4, -0.2) is 48.0 Å². The van der Waals surface area contributed by atoms with Crippen molar-refractivity contribution in [3.63, 3.8) is 0 Å². The molecule has 1 aliphatic heterocycles. The molecule has 0 saturated carbocycles. The highest BCUT2D eigenvalue weighted by Gasteiger charge is 2.28. The Balaban J connectivity index is 2.25. The van der Waals surface area contributed by atoms with E-state index in [9.17, 15) is 0 Å². The Labute approximate surface area is 130 Å². The molecule has 1 fully saturated rings. The summed E-state index contributed by atoms with van der Waals surface area (Å²) in [5.41, 5.74) is 0.321. The summed E-state index contributed by atoms with van der Waals surface area (Å²) in [5.74, 6) is 1.20. The van der Waals surface area contributed by atoms with Gasteiger partial charge in [-0.2, -0.15) is 0 Å². The molecule has 4 heteroatoms. The van der Waals surface area contributed by atoms with Crippen LogP contribution in [0.4, 0.5) is 0 Å². The maximum absolute atomic E-state index is 4.74. The van der Waals surface area contributed by atoms with Gasteiger partial charge in [-0.25, -0.2) is 0 Å². The van der Waals surface area contributed by atoms with Crippen molar-refractivity contribution in [3.8, 4) is 0 Å². The Morgan fingerprint density at radius 3 is 2.65 bits per heavy atom. The van der Waals surface area contributed by atoms with Crippen molar-refractivity contribution in [3.05, 3.63) is 0 Å². The lowest BCUT2D eigenvalue weighted by molar-refractivity contribution is 0.269. The predicted molar refractivity (Wildman–Crippen MR) is 92.8 cm³/mol. The van der Waals surface area contributed by atoms with Gasteiger partial charge < -0.3 is 10.2 Å². The summed E-state index contributed by atoms with van der Waals surface area (Å²) in [7, 11) is 2.20. The average Bonchev–Trinajstić information content (AvgIpc) is 2.37. The number of amidine groups is 1. The van der Waals surface area contributed by atoms with Gasteiger partial charge in [-0.1, -0.05) is 32.5 Å². The molecule has 118 valence electrons. The highest BCUT2D eigenvalue weighted by Crippen LogP contribution is 2.27. The first-order valence-electron chi connectivity index (χ1n) is 7.94. The normalized spacial score (nSPS) is 22.6. The molecule has 1 saturated heterocycles. The molecule has 1 unspecified atom stereocenters. The second kappa shape index (κ2) is 8.28. The summed E-state index contributed by atoms with van der Waals surface area (Å²) < 4.78 is 0. The zero-order valence-corrected chi connectivity index (χ0v) is 15.0. The molecule has 3 nitrogen and oxygen atoms in total. The van der Waals surface area contributed by atoms with E-state index >= 15 is 0 Å². The second-order valence-corrected chi connectivity index (χ2v) is 8.25. The lowest BCUT2D eigenvalue weighted by atomic mass is 9.85. The van der Waals surface area contributed by atoms with Crippen molar-refractivity contribution in [1.29, 1.82) is 0 Å². The van der Waals surface area contributed by atoms with E-state index in [4.69, 9.17) is 4.99 Å². The Morgan fingerprint density at radius 2 is 2.05 bits per heavy atom. The maximum Gasteiger partial charge on any atom is 0.156 e. The van der Waals surface area contributed by atoms with E-state index in [-0.39, 0.29) is 0 Å². The number of nitrogens with one attached hydrogen (secondary N) is 1. The van der Waals surface area contributed by atoms with E-state index < -0.39 is 0 Å². The van der Waals surface area contributed by atoms with Gasteiger partial charge in [-0.3, -0.25) is 4.99 Å². The maximum atomic E-state index is 4.74. The predicted octanol–water partition coefficient (Wildman–Crippen LogP) is 3.60. The average molecular weight is 300 g/mol. The van der Waals surface area contributed by atoms with Crippen molar-refractivity contribution in [2.24, 2.45) is 10.4 Å². The van der Waals surface area contributed by atoms with E-state index in [1.54, 1.807) is 0 Å². The lowest BCUT2D eigenvalue weighted by Crippen LogP contribution is -2.46. The number of rotatable bonds is 6. The zero-order valence-electron chi connectivity index (χ0n) is 14.2. The standard InChI is InChI=1S/C16H33N3S/c1-13(2)19(6)11-8-7-10-17-15-18-14(9-12-20-15)16(3,4)5/h13-14H,7-12H2,1-6H3,(H,17,18). The molecule has 0 radical (unpaired) electrons. The number of unbranched alkanes of at least 4 members (excludes halogenated alkanes) is 1. The first-order chi connectivity index (χ1) is 9.30. The fourth-order valence-corrected chi connectivity index (χ4v) is 3.14. The van der Waals surface area contributed by atoms with E-state index in [1.165, 1.54) is 31.6 Å². The molecule has 0 amide bonds. The number of nitrogens with zero attached hydrogens (tertiary/aromatic N) is 2. The third-order valence-electron chi connectivity index (χ3n) is 4.04. The first-order valence-corrected chi connectivity index (χ1v) is 8.93. The number of thioether (sulfide) groups is 1. The highest BCUT2D eigenvalue weighted by atomic mass is 32.2. The minimum Gasteiger partial charge on any atom is -0.362 e. The first kappa shape index (κ1) is 17.8. The van der Waals surface area contributed by atoms with Gasteiger partial charge in [0, 0.05) is 24.4 Å². The van der Waals surface area contributed by atoms with Crippen LogP contribution >= 0.6 is 11.8 Å². The molecule has 20 heavy (non-hydrogen) atoms. The van der Waals surface area contributed by atoms with Crippen LogP contribution in [0.25, 0.3) is 0 Å². The molecular weight excluding hydrogens is 266 g/mol. The molecule has 0 aromatic heterocycles. The summed E-state index contributed by atoms with van der Waals surface area (Å²) in [6.07, 6.45) is 3.66. The monoisotopic (exact) mass is 299 g/mol. The van der Waals surface area contributed by atoms with Crippen LogP contribution in [0.1, 0.15) is 53.9 Å². The molecule has 0 aromatic rings. The topological polar surface area (TPSA) is 27.6 Å². The van der Waals surface area contributed by atoms with Gasteiger partial charge in [0.15, 0.2) is 5.17 Å². The van der Waals surface area contributed by atoms with Gasteiger partial charge in [0.25, 0.3) is 0 Å². The Morgan fingerprint density at radius 1 is 1.35 bits per heavy atom. The molecule has 1 rings (SSSR count). The molecule has 0 bridgehead atoms. The Kier molecular flexibility index (Phi) is 7.38. The van der Waals surface area contributed by atoms with Gasteiger partial charge in [-0.05, 0) is 52.1 Å². The number of aliphatic imine (C=N–C) groups is 1. The molecule has 1 N–H and O–H groups in total. The highest BCUT2D eigenvalue weighted by molar-refractivity contribution is 8.13. The van der Waals surface area contributed by atoms with Gasteiger partial charge >= 0.3 is 0 Å². The SMILES string of the molecule is CC(C)N(C)CCCCN=C1NC(C(C)(C)C)CCS1. The summed E-state index contributed by atoms with van der Waals surface area (Å²) in [5, 5.41) is 4.77. The smallest absolute Gasteiger partial charge is 0.156 e. The third kappa shape index (κ3) is 6.49. The van der Waals surface area contributed by atoms with E-state index in [1.807, 2.05) is 11.8 Å². The largest absolute Gasteiger partial charge is 0.362 e. The van der Waals surface area contributed by atoms with Crippen LogP contribution in [0, 0.1) is 5.41 Å². The summed E-state index contributed by atoms with van der Waals surface area (Å²) in [6, 6.07) is 1.21. The minimum absolute atomic E-state index is 0.321. The zero-order chi connectivity index (χ0) is 15.2. The van der Waals surface area contributed by atoms with Gasteiger partial charge in [0.05, 0.1) is 0 Å². The van der Waals surface area contributed by atoms with Gasteiger partial charge in [0.1, 0.15) is 0 Å². The molecule has 1 atom stereocenters. The molecule has 0 spiro atoms. The van der Waals surface area contributed by atoms with Crippen LogP contribution in [0.3, 0.4) is 0 Å². The van der Waals surface area contributed by atoms with Crippen molar-refractivity contribution in [2.45, 2.75) is 66.0 Å². The van der Waals surface area contributed by atoms with Crippen molar-refractivity contribution >= 4 is 16.9 Å².